The van der Waals surface area contributed by atoms with Gasteiger partial charge in [-0.25, -0.2) is 0 Å². The van der Waals surface area contributed by atoms with Gasteiger partial charge in [-0.2, -0.15) is 0 Å². The van der Waals surface area contributed by atoms with Gasteiger partial charge in [0, 0.05) is 23.5 Å². The summed E-state index contributed by atoms with van der Waals surface area (Å²) in [5, 5.41) is 9.64. The third kappa shape index (κ3) is 3.09. The van der Waals surface area contributed by atoms with Gasteiger partial charge >= 0.3 is 5.97 Å². The molecule has 0 saturated carbocycles. The van der Waals surface area contributed by atoms with E-state index in [1.807, 2.05) is 0 Å². The number of para-hydroxylation sites is 1. The van der Waals surface area contributed by atoms with Crippen LogP contribution in [-0.2, 0) is 9.53 Å². The van der Waals surface area contributed by atoms with E-state index in [0.29, 0.717) is 24.1 Å². The Morgan fingerprint density at radius 2 is 2.13 bits per heavy atom. The largest absolute Gasteiger partial charge is 0.481 e. The Hall–Kier alpha value is -2.67. The third-order valence-corrected chi connectivity index (χ3v) is 3.88. The van der Waals surface area contributed by atoms with E-state index in [1.54, 1.807) is 24.3 Å². The van der Waals surface area contributed by atoms with Crippen LogP contribution in [0.2, 0.25) is 0 Å². The minimum atomic E-state index is -0.992. The number of aromatic nitrogens is 1. The molecule has 1 aliphatic heterocycles. The minimum absolute atomic E-state index is 0.180. The van der Waals surface area contributed by atoms with E-state index >= 15 is 0 Å². The molecule has 0 bridgehead atoms. The molecule has 0 spiro atoms. The standard InChI is InChI=1S/C16H16N2O5/c19-14-8-12(11-3-1-2-4-13(11)17-14)16(22)18-5-6-23-9-10(18)7-15(20)21/h1-4,8,10H,5-7,9H2,(H,17,19)(H,20,21). The van der Waals surface area contributed by atoms with Crippen LogP contribution in [0, 0.1) is 0 Å². The van der Waals surface area contributed by atoms with Crippen molar-refractivity contribution >= 4 is 22.8 Å². The molecule has 1 saturated heterocycles. The SMILES string of the molecule is O=C(O)CC1COCCN1C(=O)c1cc(=O)[nH]c2ccccc12. The number of nitrogens with one attached hydrogen (secondary N) is 1. The maximum absolute atomic E-state index is 12.9. The summed E-state index contributed by atoms with van der Waals surface area (Å²) >= 11 is 0. The predicted octanol–water partition coefficient (Wildman–Crippen LogP) is 0.844. The average Bonchev–Trinajstić information content (AvgIpc) is 2.53. The van der Waals surface area contributed by atoms with E-state index in [9.17, 15) is 14.4 Å². The lowest BCUT2D eigenvalue weighted by atomic mass is 10.1. The molecular weight excluding hydrogens is 300 g/mol. The van der Waals surface area contributed by atoms with Crippen LogP contribution in [0.15, 0.2) is 35.1 Å². The maximum atomic E-state index is 12.9. The lowest BCUT2D eigenvalue weighted by molar-refractivity contribution is -0.139. The zero-order chi connectivity index (χ0) is 16.4. The number of hydrogen-bond donors (Lipinski definition) is 2. The molecule has 1 aromatic carbocycles. The highest BCUT2D eigenvalue weighted by Gasteiger charge is 2.30. The van der Waals surface area contributed by atoms with Crippen LogP contribution >= 0.6 is 0 Å². The summed E-state index contributed by atoms with van der Waals surface area (Å²) in [6, 6.07) is 7.76. The Bertz CT molecular complexity index is 813. The van der Waals surface area contributed by atoms with Crippen LogP contribution in [0.3, 0.4) is 0 Å². The first kappa shape index (κ1) is 15.2. The van der Waals surface area contributed by atoms with Gasteiger partial charge in [0.15, 0.2) is 0 Å². The number of rotatable bonds is 3. The van der Waals surface area contributed by atoms with Gasteiger partial charge in [0.05, 0.1) is 31.2 Å². The monoisotopic (exact) mass is 316 g/mol. The second kappa shape index (κ2) is 6.21. The van der Waals surface area contributed by atoms with Crippen LogP contribution in [0.25, 0.3) is 10.9 Å². The number of hydrogen-bond acceptors (Lipinski definition) is 4. The quantitative estimate of drug-likeness (QED) is 0.874. The Kier molecular flexibility index (Phi) is 4.12. The highest BCUT2D eigenvalue weighted by atomic mass is 16.5. The fourth-order valence-corrected chi connectivity index (χ4v) is 2.83. The van der Waals surface area contributed by atoms with Crippen LogP contribution in [0.4, 0.5) is 0 Å². The number of morpholine rings is 1. The molecule has 3 rings (SSSR count). The van der Waals surface area contributed by atoms with Crippen molar-refractivity contribution < 1.29 is 19.4 Å². The van der Waals surface area contributed by atoms with E-state index in [0.717, 1.165) is 0 Å². The Morgan fingerprint density at radius 3 is 2.91 bits per heavy atom. The third-order valence-electron chi connectivity index (χ3n) is 3.88. The molecule has 2 aromatic rings. The van der Waals surface area contributed by atoms with Crippen molar-refractivity contribution in [3.63, 3.8) is 0 Å². The van der Waals surface area contributed by atoms with Crippen LogP contribution < -0.4 is 5.56 Å². The second-order valence-electron chi connectivity index (χ2n) is 5.42. The van der Waals surface area contributed by atoms with E-state index in [2.05, 4.69) is 4.98 Å². The summed E-state index contributed by atoms with van der Waals surface area (Å²) in [5.74, 6) is -1.34. The van der Waals surface area contributed by atoms with Crippen LogP contribution in [-0.4, -0.2) is 52.7 Å². The molecule has 1 unspecified atom stereocenters. The number of aliphatic carboxylic acids is 1. The van der Waals surface area contributed by atoms with Crippen molar-refractivity contribution in [1.29, 1.82) is 0 Å². The predicted molar refractivity (Wildman–Crippen MR) is 82.5 cm³/mol. The zero-order valence-electron chi connectivity index (χ0n) is 12.3. The Morgan fingerprint density at radius 1 is 1.35 bits per heavy atom. The molecule has 7 nitrogen and oxygen atoms in total. The number of aromatic amines is 1. The molecule has 7 heteroatoms. The number of ether oxygens (including phenoxy) is 1. The van der Waals surface area contributed by atoms with Gasteiger partial charge in [0.1, 0.15) is 0 Å². The fourth-order valence-electron chi connectivity index (χ4n) is 2.83. The summed E-state index contributed by atoms with van der Waals surface area (Å²) < 4.78 is 5.29. The lowest BCUT2D eigenvalue weighted by Gasteiger charge is -2.35. The normalized spacial score (nSPS) is 18.1. The summed E-state index contributed by atoms with van der Waals surface area (Å²) in [7, 11) is 0. The van der Waals surface area contributed by atoms with Crippen molar-refractivity contribution in [3.8, 4) is 0 Å². The molecule has 1 atom stereocenters. The number of H-pyrrole nitrogens is 1. The van der Waals surface area contributed by atoms with Gasteiger partial charge in [-0.1, -0.05) is 18.2 Å². The van der Waals surface area contributed by atoms with Crippen molar-refractivity contribution in [1.82, 2.24) is 9.88 Å². The van der Waals surface area contributed by atoms with E-state index < -0.39 is 12.0 Å². The van der Waals surface area contributed by atoms with Gasteiger partial charge in [-0.05, 0) is 6.07 Å². The molecule has 2 N–H and O–H groups in total. The minimum Gasteiger partial charge on any atom is -0.481 e. The summed E-state index contributed by atoms with van der Waals surface area (Å²) in [6.07, 6.45) is -0.188. The smallest absolute Gasteiger partial charge is 0.305 e. The summed E-state index contributed by atoms with van der Waals surface area (Å²) in [4.78, 5) is 39.8. The maximum Gasteiger partial charge on any atom is 0.305 e. The van der Waals surface area contributed by atoms with Crippen LogP contribution in [0.5, 0.6) is 0 Å². The first-order valence-corrected chi connectivity index (χ1v) is 7.29. The van der Waals surface area contributed by atoms with E-state index in [-0.39, 0.29) is 30.1 Å². The van der Waals surface area contributed by atoms with Gasteiger partial charge in [0.25, 0.3) is 5.91 Å². The van der Waals surface area contributed by atoms with Gasteiger partial charge < -0.3 is 19.7 Å². The zero-order valence-corrected chi connectivity index (χ0v) is 12.3. The Labute approximate surface area is 131 Å². The number of fused-ring (bicyclic) bond motifs is 1. The molecule has 1 aliphatic rings. The molecule has 1 amide bonds. The van der Waals surface area contributed by atoms with Gasteiger partial charge in [-0.15, -0.1) is 0 Å². The number of carboxylic acids is 1. The first-order valence-electron chi connectivity index (χ1n) is 7.29. The average molecular weight is 316 g/mol. The second-order valence-corrected chi connectivity index (χ2v) is 5.42. The number of carbonyl (C=O) groups is 2. The van der Waals surface area contributed by atoms with Gasteiger partial charge in [0.2, 0.25) is 5.56 Å². The molecule has 1 fully saturated rings. The van der Waals surface area contributed by atoms with E-state index in [4.69, 9.17) is 9.84 Å². The Balaban J connectivity index is 2.02. The molecule has 2 heterocycles. The highest BCUT2D eigenvalue weighted by Crippen LogP contribution is 2.20. The number of carbonyl (C=O) groups excluding carboxylic acids is 1. The van der Waals surface area contributed by atoms with Crippen molar-refractivity contribution in [2.75, 3.05) is 19.8 Å². The molecular formula is C16H16N2O5. The highest BCUT2D eigenvalue weighted by molar-refractivity contribution is 6.06. The first-order chi connectivity index (χ1) is 11.1. The summed E-state index contributed by atoms with van der Waals surface area (Å²) in [5.41, 5.74) is 0.489. The fraction of sp³-hybridized carbons (Fsp3) is 0.312. The van der Waals surface area contributed by atoms with Crippen molar-refractivity contribution in [2.45, 2.75) is 12.5 Å². The molecule has 23 heavy (non-hydrogen) atoms. The number of carboxylic acid groups (broad SMARTS) is 1. The lowest BCUT2D eigenvalue weighted by Crippen LogP contribution is -2.49. The number of nitrogens with zero attached hydrogens (tertiary/aromatic N) is 1. The van der Waals surface area contributed by atoms with Crippen molar-refractivity contribution in [3.05, 3.63) is 46.2 Å². The van der Waals surface area contributed by atoms with Gasteiger partial charge in [-0.3, -0.25) is 14.4 Å². The topological polar surface area (TPSA) is 99.7 Å². The molecule has 0 radical (unpaired) electrons. The molecule has 0 aliphatic carbocycles. The van der Waals surface area contributed by atoms with Crippen LogP contribution in [0.1, 0.15) is 16.8 Å². The number of amides is 1. The molecule has 1 aromatic heterocycles. The number of pyridine rings is 1. The summed E-state index contributed by atoms with van der Waals surface area (Å²) in [6.45, 7) is 0.833. The molecule has 120 valence electrons. The van der Waals surface area contributed by atoms with E-state index in [1.165, 1.54) is 11.0 Å². The number of benzene rings is 1. The van der Waals surface area contributed by atoms with Crippen molar-refractivity contribution in [2.24, 2.45) is 0 Å².